The maximum absolute atomic E-state index is 5.30. The summed E-state index contributed by atoms with van der Waals surface area (Å²) in [6.07, 6.45) is 0. The summed E-state index contributed by atoms with van der Waals surface area (Å²) < 4.78 is 10.5. The Morgan fingerprint density at radius 2 is 1.81 bits per heavy atom. The lowest BCUT2D eigenvalue weighted by atomic mass is 10.2. The van der Waals surface area contributed by atoms with Gasteiger partial charge in [0.25, 0.3) is 0 Å². The monoisotopic (exact) mass is 302 g/mol. The average molecular weight is 302 g/mol. The first-order chi connectivity index (χ1) is 10.2. The predicted octanol–water partition coefficient (Wildman–Crippen LogP) is 3.19. The molecule has 4 nitrogen and oxygen atoms in total. The summed E-state index contributed by atoms with van der Waals surface area (Å²) in [4.78, 5) is 0. The van der Waals surface area contributed by atoms with Crippen molar-refractivity contribution in [1.29, 1.82) is 0 Å². The Bertz CT molecular complexity index is 602. The van der Waals surface area contributed by atoms with Crippen molar-refractivity contribution < 1.29 is 9.47 Å². The maximum atomic E-state index is 5.30. The number of nitrogens with one attached hydrogen (secondary N) is 2. The lowest BCUT2D eigenvalue weighted by Gasteiger charge is -2.14. The Kier molecular flexibility index (Phi) is 5.40. The second-order valence-corrected chi connectivity index (χ2v) is 4.77. The Morgan fingerprint density at radius 3 is 2.48 bits per heavy atom. The van der Waals surface area contributed by atoms with Gasteiger partial charge in [0.1, 0.15) is 11.5 Å². The van der Waals surface area contributed by atoms with Crippen LogP contribution in [0.25, 0.3) is 0 Å². The molecule has 0 bridgehead atoms. The van der Waals surface area contributed by atoms with Gasteiger partial charge in [-0.2, -0.15) is 0 Å². The second kappa shape index (κ2) is 7.50. The molecule has 0 aliphatic rings. The molecule has 5 heteroatoms. The third-order valence-corrected chi connectivity index (χ3v) is 3.20. The van der Waals surface area contributed by atoms with Crippen LogP contribution in [0.5, 0.6) is 11.5 Å². The van der Waals surface area contributed by atoms with Gasteiger partial charge in [-0.1, -0.05) is 30.3 Å². The van der Waals surface area contributed by atoms with Crippen molar-refractivity contribution in [3.63, 3.8) is 0 Å². The topological polar surface area (TPSA) is 42.5 Å². The van der Waals surface area contributed by atoms with E-state index in [1.807, 2.05) is 48.5 Å². The third kappa shape index (κ3) is 4.36. The third-order valence-electron chi connectivity index (χ3n) is 2.95. The number of anilines is 1. The van der Waals surface area contributed by atoms with Gasteiger partial charge in [-0.25, -0.2) is 0 Å². The van der Waals surface area contributed by atoms with Crippen molar-refractivity contribution in [2.75, 3.05) is 19.5 Å². The highest BCUT2D eigenvalue weighted by Gasteiger charge is 2.06. The summed E-state index contributed by atoms with van der Waals surface area (Å²) in [5, 5.41) is 6.81. The van der Waals surface area contributed by atoms with Crippen LogP contribution in [0.3, 0.4) is 0 Å². The van der Waals surface area contributed by atoms with Crippen molar-refractivity contribution in [1.82, 2.24) is 5.32 Å². The Labute approximate surface area is 130 Å². The van der Waals surface area contributed by atoms with Crippen LogP contribution in [0.1, 0.15) is 5.56 Å². The molecule has 0 aromatic heterocycles. The number of ether oxygens (including phenoxy) is 2. The van der Waals surface area contributed by atoms with Crippen LogP contribution < -0.4 is 20.1 Å². The molecule has 0 saturated carbocycles. The fourth-order valence-electron chi connectivity index (χ4n) is 1.86. The molecular weight excluding hydrogens is 284 g/mol. The molecule has 2 aromatic carbocycles. The largest absolute Gasteiger partial charge is 0.497 e. The van der Waals surface area contributed by atoms with Crippen LogP contribution in [0.4, 0.5) is 5.69 Å². The van der Waals surface area contributed by atoms with Crippen LogP contribution in [0.2, 0.25) is 0 Å². The molecule has 0 fully saturated rings. The van der Waals surface area contributed by atoms with Crippen molar-refractivity contribution in [3.05, 3.63) is 54.1 Å². The van der Waals surface area contributed by atoms with Gasteiger partial charge in [0.15, 0.2) is 5.11 Å². The minimum absolute atomic E-state index is 0.533. The number of thiocarbonyl (C=S) groups is 1. The highest BCUT2D eigenvalue weighted by atomic mass is 32.1. The molecule has 21 heavy (non-hydrogen) atoms. The smallest absolute Gasteiger partial charge is 0.171 e. The maximum Gasteiger partial charge on any atom is 0.171 e. The minimum atomic E-state index is 0.533. The summed E-state index contributed by atoms with van der Waals surface area (Å²) >= 11 is 5.30. The van der Waals surface area contributed by atoms with Crippen LogP contribution in [-0.4, -0.2) is 19.3 Å². The van der Waals surface area contributed by atoms with Gasteiger partial charge in [-0.3, -0.25) is 0 Å². The quantitative estimate of drug-likeness (QED) is 0.830. The first kappa shape index (κ1) is 15.1. The van der Waals surface area contributed by atoms with Crippen molar-refractivity contribution in [2.24, 2.45) is 0 Å². The van der Waals surface area contributed by atoms with Crippen LogP contribution in [-0.2, 0) is 6.54 Å². The molecule has 2 rings (SSSR count). The van der Waals surface area contributed by atoms with E-state index in [2.05, 4.69) is 10.6 Å². The van der Waals surface area contributed by atoms with Gasteiger partial charge in [0, 0.05) is 12.6 Å². The van der Waals surface area contributed by atoms with E-state index < -0.39 is 0 Å². The summed E-state index contributed by atoms with van der Waals surface area (Å²) in [6, 6.07) is 15.6. The van der Waals surface area contributed by atoms with E-state index >= 15 is 0 Å². The van der Waals surface area contributed by atoms with Crippen LogP contribution in [0.15, 0.2) is 48.5 Å². The highest BCUT2D eigenvalue weighted by molar-refractivity contribution is 7.80. The fraction of sp³-hybridized carbons (Fsp3) is 0.188. The number of hydrogen-bond donors (Lipinski definition) is 2. The molecular formula is C16H18N2O2S. The van der Waals surface area contributed by atoms with E-state index in [0.29, 0.717) is 17.4 Å². The number of benzene rings is 2. The van der Waals surface area contributed by atoms with Gasteiger partial charge >= 0.3 is 0 Å². The minimum Gasteiger partial charge on any atom is -0.497 e. The Hall–Kier alpha value is -2.27. The van der Waals surface area contributed by atoms with Crippen LogP contribution in [0, 0.1) is 0 Å². The van der Waals surface area contributed by atoms with E-state index in [4.69, 9.17) is 21.7 Å². The van der Waals surface area contributed by atoms with Crippen molar-refractivity contribution >= 4 is 23.0 Å². The molecule has 110 valence electrons. The first-order valence-electron chi connectivity index (χ1n) is 6.53. The van der Waals surface area contributed by atoms with Gasteiger partial charge in [-0.05, 0) is 29.9 Å². The molecule has 0 radical (unpaired) electrons. The van der Waals surface area contributed by atoms with Gasteiger partial charge in [0.2, 0.25) is 0 Å². The van der Waals surface area contributed by atoms with E-state index in [9.17, 15) is 0 Å². The Balaban J connectivity index is 1.99. The molecule has 0 aliphatic heterocycles. The number of methoxy groups -OCH3 is 2. The molecule has 2 N–H and O–H groups in total. The van der Waals surface area contributed by atoms with Gasteiger partial charge < -0.3 is 20.1 Å². The zero-order valence-corrected chi connectivity index (χ0v) is 12.9. The first-order valence-corrected chi connectivity index (χ1v) is 6.94. The number of hydrogen-bond acceptors (Lipinski definition) is 3. The van der Waals surface area contributed by atoms with E-state index in [1.165, 1.54) is 5.56 Å². The normalized spacial score (nSPS) is 9.81. The fourth-order valence-corrected chi connectivity index (χ4v) is 2.04. The second-order valence-electron chi connectivity index (χ2n) is 4.36. The standard InChI is InChI=1S/C16H18N2O2S/c1-19-13-8-9-15(20-2)14(10-13)18-16(21)17-11-12-6-4-3-5-7-12/h3-10H,11H2,1-2H3,(H2,17,18,21). The summed E-state index contributed by atoms with van der Waals surface area (Å²) in [6.45, 7) is 0.666. The lowest BCUT2D eigenvalue weighted by Crippen LogP contribution is -2.28. The molecule has 0 saturated heterocycles. The van der Waals surface area contributed by atoms with E-state index in [-0.39, 0.29) is 0 Å². The molecule has 0 unspecified atom stereocenters. The molecule has 0 aliphatic carbocycles. The average Bonchev–Trinajstić information content (AvgIpc) is 2.54. The van der Waals surface area contributed by atoms with E-state index in [0.717, 1.165) is 11.4 Å². The zero-order valence-electron chi connectivity index (χ0n) is 12.1. The molecule has 0 spiro atoms. The molecule has 2 aromatic rings. The van der Waals surface area contributed by atoms with E-state index in [1.54, 1.807) is 14.2 Å². The highest BCUT2D eigenvalue weighted by Crippen LogP contribution is 2.28. The molecule has 0 atom stereocenters. The lowest BCUT2D eigenvalue weighted by molar-refractivity contribution is 0.405. The summed E-state index contributed by atoms with van der Waals surface area (Å²) in [5.74, 6) is 1.45. The Morgan fingerprint density at radius 1 is 1.05 bits per heavy atom. The predicted molar refractivity (Wildman–Crippen MR) is 89.0 cm³/mol. The summed E-state index contributed by atoms with van der Waals surface area (Å²) in [5.41, 5.74) is 1.93. The van der Waals surface area contributed by atoms with Gasteiger partial charge in [-0.15, -0.1) is 0 Å². The summed E-state index contributed by atoms with van der Waals surface area (Å²) in [7, 11) is 3.24. The zero-order chi connectivity index (χ0) is 15.1. The van der Waals surface area contributed by atoms with Crippen molar-refractivity contribution in [2.45, 2.75) is 6.54 Å². The molecule has 0 amide bonds. The van der Waals surface area contributed by atoms with Gasteiger partial charge in [0.05, 0.1) is 19.9 Å². The number of rotatable bonds is 5. The van der Waals surface area contributed by atoms with Crippen molar-refractivity contribution in [3.8, 4) is 11.5 Å². The molecule has 0 heterocycles. The van der Waals surface area contributed by atoms with Crippen LogP contribution >= 0.6 is 12.2 Å². The SMILES string of the molecule is COc1ccc(OC)c(NC(=S)NCc2ccccc2)c1.